The largest absolute Gasteiger partial charge is 0.458 e. The van der Waals surface area contributed by atoms with E-state index >= 15 is 0 Å². The van der Waals surface area contributed by atoms with Crippen LogP contribution in [0.3, 0.4) is 0 Å². The van der Waals surface area contributed by atoms with Gasteiger partial charge in [0.2, 0.25) is 0 Å². The Balaban J connectivity index is 1.79. The number of ether oxygens (including phenoxy) is 3. The van der Waals surface area contributed by atoms with Crippen molar-refractivity contribution in [3.63, 3.8) is 0 Å². The molecule has 2 aromatic rings. The standard InChI is InChI=1S/C31H44F2N4O5/c1-4-6-10-31(40-11-12-41-31)18-27(37-30(39)35-3)29(38)42-28(20-36-19-22-9-7-8-21(5-2)13-22)26(34)16-23-14-24(32)17-25(33)15-23/h7-9,13-15,17,26-28,36H,4-6,10-12,16,18-20,34H2,1-3H3,(H2,35,37,39)/t26?,27-,28+/m0/s1. The van der Waals surface area contributed by atoms with Gasteiger partial charge in [0.05, 0.1) is 13.2 Å². The monoisotopic (exact) mass is 590 g/mol. The Hall–Kier alpha value is -3.12. The summed E-state index contributed by atoms with van der Waals surface area (Å²) < 4.78 is 45.5. The lowest BCUT2D eigenvalue weighted by molar-refractivity contribution is -0.181. The Bertz CT molecular complexity index is 1140. The van der Waals surface area contributed by atoms with E-state index in [0.717, 1.165) is 30.9 Å². The molecule has 42 heavy (non-hydrogen) atoms. The fourth-order valence-electron chi connectivity index (χ4n) is 5.00. The fraction of sp³-hybridized carbons (Fsp3) is 0.548. The summed E-state index contributed by atoms with van der Waals surface area (Å²) in [6, 6.07) is 8.83. The van der Waals surface area contributed by atoms with E-state index in [0.29, 0.717) is 31.7 Å². The van der Waals surface area contributed by atoms with Crippen LogP contribution >= 0.6 is 0 Å². The van der Waals surface area contributed by atoms with Crippen LogP contribution in [0.5, 0.6) is 0 Å². The second kappa shape index (κ2) is 16.5. The van der Waals surface area contributed by atoms with Gasteiger partial charge in [-0.15, -0.1) is 0 Å². The van der Waals surface area contributed by atoms with Crippen molar-refractivity contribution < 1.29 is 32.6 Å². The first-order valence-electron chi connectivity index (χ1n) is 14.6. The molecule has 232 valence electrons. The number of nitrogens with one attached hydrogen (secondary N) is 3. The molecule has 2 amide bonds. The molecule has 1 unspecified atom stereocenters. The van der Waals surface area contributed by atoms with E-state index in [-0.39, 0.29) is 19.4 Å². The van der Waals surface area contributed by atoms with Crippen LogP contribution in [-0.2, 0) is 38.4 Å². The zero-order chi connectivity index (χ0) is 30.5. The molecule has 0 radical (unpaired) electrons. The number of nitrogens with two attached hydrogens (primary N) is 1. The molecule has 0 aromatic heterocycles. The average molecular weight is 591 g/mol. The van der Waals surface area contributed by atoms with Crippen molar-refractivity contribution in [2.45, 2.75) is 82.9 Å². The summed E-state index contributed by atoms with van der Waals surface area (Å²) >= 11 is 0. The zero-order valence-corrected chi connectivity index (χ0v) is 24.7. The van der Waals surface area contributed by atoms with Crippen LogP contribution in [0.4, 0.5) is 13.6 Å². The summed E-state index contributed by atoms with van der Waals surface area (Å²) in [5, 5.41) is 8.41. The number of unbranched alkanes of at least 4 members (excludes halogenated alkanes) is 1. The molecule has 3 rings (SSSR count). The van der Waals surface area contributed by atoms with Gasteiger partial charge in [-0.2, -0.15) is 0 Å². The molecule has 11 heteroatoms. The lowest BCUT2D eigenvalue weighted by Crippen LogP contribution is -2.53. The molecule has 0 saturated carbocycles. The third kappa shape index (κ3) is 10.3. The highest BCUT2D eigenvalue weighted by atomic mass is 19.1. The Morgan fingerprint density at radius 2 is 1.74 bits per heavy atom. The molecule has 1 aliphatic heterocycles. The van der Waals surface area contributed by atoms with E-state index in [1.807, 2.05) is 25.1 Å². The molecule has 5 N–H and O–H groups in total. The molecule has 0 bridgehead atoms. The number of hydrogen-bond donors (Lipinski definition) is 4. The second-order valence-corrected chi connectivity index (χ2v) is 10.6. The Morgan fingerprint density at radius 1 is 1.05 bits per heavy atom. The smallest absolute Gasteiger partial charge is 0.329 e. The third-order valence-electron chi connectivity index (χ3n) is 7.27. The maximum atomic E-state index is 13.9. The van der Waals surface area contributed by atoms with E-state index in [1.165, 1.54) is 24.7 Å². The summed E-state index contributed by atoms with van der Waals surface area (Å²) in [4.78, 5) is 25.9. The van der Waals surface area contributed by atoms with Crippen molar-refractivity contribution in [3.8, 4) is 0 Å². The minimum atomic E-state index is -1.09. The molecule has 9 nitrogen and oxygen atoms in total. The number of halogens is 2. The number of rotatable bonds is 16. The third-order valence-corrected chi connectivity index (χ3v) is 7.27. The van der Waals surface area contributed by atoms with Gasteiger partial charge < -0.3 is 35.9 Å². The van der Waals surface area contributed by atoms with Crippen LogP contribution in [0.15, 0.2) is 42.5 Å². The predicted octanol–water partition coefficient (Wildman–Crippen LogP) is 3.72. The van der Waals surface area contributed by atoms with Crippen LogP contribution in [0, 0.1) is 11.6 Å². The van der Waals surface area contributed by atoms with Crippen molar-refractivity contribution in [3.05, 3.63) is 70.8 Å². The number of benzene rings is 2. The van der Waals surface area contributed by atoms with Gasteiger partial charge in [-0.1, -0.05) is 44.5 Å². The number of aryl methyl sites for hydroxylation is 1. The summed E-state index contributed by atoms with van der Waals surface area (Å²) in [5.74, 6) is -3.18. The van der Waals surface area contributed by atoms with Gasteiger partial charge in [0.25, 0.3) is 0 Å². The fourth-order valence-corrected chi connectivity index (χ4v) is 5.00. The van der Waals surface area contributed by atoms with E-state index in [4.69, 9.17) is 19.9 Å². The predicted molar refractivity (Wildman–Crippen MR) is 156 cm³/mol. The topological polar surface area (TPSA) is 124 Å². The quantitative estimate of drug-likeness (QED) is 0.220. The first-order valence-corrected chi connectivity index (χ1v) is 14.6. The molecule has 0 spiro atoms. The van der Waals surface area contributed by atoms with Crippen LogP contribution in [0.25, 0.3) is 0 Å². The maximum Gasteiger partial charge on any atom is 0.329 e. The summed E-state index contributed by atoms with van der Waals surface area (Å²) in [7, 11) is 1.45. The Labute approximate surface area is 246 Å². The lowest BCUT2D eigenvalue weighted by atomic mass is 9.99. The van der Waals surface area contributed by atoms with Gasteiger partial charge >= 0.3 is 12.0 Å². The molecule has 1 saturated heterocycles. The zero-order valence-electron chi connectivity index (χ0n) is 24.7. The average Bonchev–Trinajstić information content (AvgIpc) is 3.43. The van der Waals surface area contributed by atoms with E-state index in [9.17, 15) is 18.4 Å². The number of amides is 2. The van der Waals surface area contributed by atoms with Crippen LogP contribution in [-0.4, -0.2) is 62.8 Å². The van der Waals surface area contributed by atoms with E-state index in [1.54, 1.807) is 0 Å². The summed E-state index contributed by atoms with van der Waals surface area (Å²) in [6.07, 6.45) is 2.38. The van der Waals surface area contributed by atoms with Gasteiger partial charge in [0, 0.05) is 45.1 Å². The van der Waals surface area contributed by atoms with Crippen LogP contribution in [0.2, 0.25) is 0 Å². The molecule has 2 aromatic carbocycles. The minimum absolute atomic E-state index is 0.0492. The minimum Gasteiger partial charge on any atom is -0.458 e. The molecule has 0 aliphatic carbocycles. The number of carbonyl (C=O) groups excluding carboxylic acids is 2. The summed E-state index contributed by atoms with van der Waals surface area (Å²) in [6.45, 7) is 5.54. The number of urea groups is 1. The lowest BCUT2D eigenvalue weighted by Gasteiger charge is -2.32. The summed E-state index contributed by atoms with van der Waals surface area (Å²) in [5.41, 5.74) is 9.07. The number of hydrogen-bond acceptors (Lipinski definition) is 7. The highest BCUT2D eigenvalue weighted by molar-refractivity contribution is 5.83. The molecule has 3 atom stereocenters. The first kappa shape index (κ1) is 33.4. The Kier molecular flexibility index (Phi) is 13.1. The van der Waals surface area contributed by atoms with Crippen LogP contribution < -0.4 is 21.7 Å². The number of esters is 1. The van der Waals surface area contributed by atoms with Gasteiger partial charge in [-0.05, 0) is 48.1 Å². The molecule has 1 fully saturated rings. The molecular weight excluding hydrogens is 546 g/mol. The Morgan fingerprint density at radius 3 is 2.38 bits per heavy atom. The van der Waals surface area contributed by atoms with Crippen molar-refractivity contribution in [2.24, 2.45) is 5.73 Å². The first-order chi connectivity index (χ1) is 20.2. The molecule has 1 heterocycles. The molecule has 1 aliphatic rings. The highest BCUT2D eigenvalue weighted by Crippen LogP contribution is 2.31. The van der Waals surface area contributed by atoms with Gasteiger partial charge in [-0.25, -0.2) is 18.4 Å². The van der Waals surface area contributed by atoms with E-state index in [2.05, 4.69) is 28.9 Å². The number of carbonyl (C=O) groups is 2. The van der Waals surface area contributed by atoms with Crippen LogP contribution in [0.1, 0.15) is 56.2 Å². The highest BCUT2D eigenvalue weighted by Gasteiger charge is 2.42. The normalized spacial score (nSPS) is 16.4. The maximum absolute atomic E-state index is 13.9. The second-order valence-electron chi connectivity index (χ2n) is 10.6. The van der Waals surface area contributed by atoms with Crippen molar-refractivity contribution in [2.75, 3.05) is 26.8 Å². The molecular formula is C31H44F2N4O5. The van der Waals surface area contributed by atoms with Crippen molar-refractivity contribution in [1.29, 1.82) is 0 Å². The van der Waals surface area contributed by atoms with Crippen molar-refractivity contribution in [1.82, 2.24) is 16.0 Å². The van der Waals surface area contributed by atoms with E-state index < -0.39 is 47.6 Å². The van der Waals surface area contributed by atoms with Gasteiger partial charge in [0.15, 0.2) is 5.79 Å². The van der Waals surface area contributed by atoms with Gasteiger partial charge in [0.1, 0.15) is 23.8 Å². The van der Waals surface area contributed by atoms with Gasteiger partial charge in [-0.3, -0.25) is 0 Å². The SMILES string of the molecule is CCCCC1(C[C@H](NC(=O)NC)C(=O)O[C@H](CNCc2cccc(CC)c2)C(N)Cc2cc(F)cc(F)c2)OCCO1. The van der Waals surface area contributed by atoms with Crippen molar-refractivity contribution >= 4 is 12.0 Å².